The maximum Gasteiger partial charge on any atom is 0.272 e. The minimum absolute atomic E-state index is 0.0834. The maximum absolute atomic E-state index is 13.7. The molecular weight excluding hydrogens is 658 g/mol. The van der Waals surface area contributed by atoms with Gasteiger partial charge in [0.1, 0.15) is 10.9 Å². The Morgan fingerprint density at radius 1 is 0.739 bits per heavy atom. The monoisotopic (exact) mass is 689 g/mol. The number of amides is 3. The van der Waals surface area contributed by atoms with Crippen LogP contribution >= 0.6 is 27.7 Å². The Hall–Kier alpha value is -4.92. The van der Waals surface area contributed by atoms with Crippen LogP contribution < -0.4 is 16.0 Å². The molecule has 8 heteroatoms. The average molecular weight is 691 g/mol. The highest BCUT2D eigenvalue weighted by Gasteiger charge is 2.23. The van der Waals surface area contributed by atoms with Gasteiger partial charge in [0.05, 0.1) is 0 Å². The van der Waals surface area contributed by atoms with Gasteiger partial charge in [-0.15, -0.1) is 11.8 Å². The van der Waals surface area contributed by atoms with Gasteiger partial charge in [0.25, 0.3) is 11.8 Å². The molecule has 5 aromatic carbocycles. The molecule has 0 heterocycles. The summed E-state index contributed by atoms with van der Waals surface area (Å²) in [7, 11) is 0. The first kappa shape index (κ1) is 32.5. The van der Waals surface area contributed by atoms with Crippen LogP contribution in [0.25, 0.3) is 6.08 Å². The van der Waals surface area contributed by atoms with Crippen LogP contribution in [0, 0.1) is 13.8 Å². The van der Waals surface area contributed by atoms with Crippen molar-refractivity contribution >= 4 is 62.9 Å². The van der Waals surface area contributed by atoms with Crippen LogP contribution in [0.2, 0.25) is 0 Å². The summed E-state index contributed by atoms with van der Waals surface area (Å²) in [6, 6.07) is 38.9. The number of carbonyl (C=O) groups excluding carboxylic acids is 3. The minimum atomic E-state index is -0.552. The molecule has 46 heavy (non-hydrogen) atoms. The van der Waals surface area contributed by atoms with E-state index in [-0.39, 0.29) is 11.6 Å². The van der Waals surface area contributed by atoms with Crippen LogP contribution in [0.1, 0.15) is 37.9 Å². The Kier molecular flexibility index (Phi) is 10.9. The van der Waals surface area contributed by atoms with E-state index in [2.05, 4.69) is 31.9 Å². The molecular formula is C38H32BrN3O3S. The Morgan fingerprint density at radius 3 is 2.17 bits per heavy atom. The van der Waals surface area contributed by atoms with E-state index >= 15 is 0 Å². The normalized spacial score (nSPS) is 11.8. The van der Waals surface area contributed by atoms with Crippen molar-refractivity contribution in [3.05, 3.63) is 165 Å². The summed E-state index contributed by atoms with van der Waals surface area (Å²) in [4.78, 5) is 41.1. The zero-order chi connectivity index (χ0) is 32.5. The van der Waals surface area contributed by atoms with Gasteiger partial charge in [0.2, 0.25) is 5.91 Å². The van der Waals surface area contributed by atoms with Gasteiger partial charge in [-0.25, -0.2) is 0 Å². The van der Waals surface area contributed by atoms with Crippen molar-refractivity contribution in [3.63, 3.8) is 0 Å². The number of thioether (sulfide) groups is 1. The van der Waals surface area contributed by atoms with E-state index < -0.39 is 17.1 Å². The molecule has 0 aliphatic carbocycles. The lowest BCUT2D eigenvalue weighted by Crippen LogP contribution is -2.30. The quantitative estimate of drug-likeness (QED) is 0.101. The molecule has 0 aromatic heterocycles. The number of hydrogen-bond acceptors (Lipinski definition) is 4. The molecule has 0 aliphatic rings. The van der Waals surface area contributed by atoms with Crippen LogP contribution in [0.4, 0.5) is 11.4 Å². The lowest BCUT2D eigenvalue weighted by atomic mass is 10.1. The number of benzene rings is 5. The number of nitrogens with one attached hydrogen (secondary N) is 3. The molecule has 230 valence electrons. The third-order valence-electron chi connectivity index (χ3n) is 7.24. The third kappa shape index (κ3) is 8.62. The van der Waals surface area contributed by atoms with Gasteiger partial charge in [-0.05, 0) is 90.7 Å². The molecule has 1 unspecified atom stereocenters. The molecule has 6 nitrogen and oxygen atoms in total. The van der Waals surface area contributed by atoms with Crippen LogP contribution in [-0.2, 0) is 9.59 Å². The second-order valence-corrected chi connectivity index (χ2v) is 12.7. The molecule has 0 fully saturated rings. The fraction of sp³-hybridized carbons (Fsp3) is 0.0789. The lowest BCUT2D eigenvalue weighted by molar-refractivity contribution is -0.116. The van der Waals surface area contributed by atoms with Crippen molar-refractivity contribution in [1.82, 2.24) is 5.32 Å². The molecule has 0 spiro atoms. The fourth-order valence-electron chi connectivity index (χ4n) is 4.67. The largest absolute Gasteiger partial charge is 0.325 e. The first-order chi connectivity index (χ1) is 22.3. The van der Waals surface area contributed by atoms with Gasteiger partial charge in [-0.3, -0.25) is 14.4 Å². The summed E-state index contributed by atoms with van der Waals surface area (Å²) in [5.41, 5.74) is 5.51. The summed E-state index contributed by atoms with van der Waals surface area (Å²) < 4.78 is 0.842. The second-order valence-electron chi connectivity index (χ2n) is 10.6. The smallest absolute Gasteiger partial charge is 0.272 e. The van der Waals surface area contributed by atoms with Crippen molar-refractivity contribution in [2.75, 3.05) is 10.6 Å². The molecule has 0 radical (unpaired) electrons. The SMILES string of the molecule is Cc1cccc(NC(=O)C(Sc2cccc(NC(=O)/C(=C\c3cccc(Br)c3)NC(=O)c3ccccc3)c2)c2ccccc2)c1C. The molecule has 5 aromatic rings. The second kappa shape index (κ2) is 15.4. The Morgan fingerprint density at radius 2 is 1.43 bits per heavy atom. The van der Waals surface area contributed by atoms with Crippen molar-refractivity contribution in [2.45, 2.75) is 24.0 Å². The summed E-state index contributed by atoms with van der Waals surface area (Å²) >= 11 is 4.85. The first-order valence-corrected chi connectivity index (χ1v) is 16.3. The van der Waals surface area contributed by atoms with E-state index in [1.54, 1.807) is 36.4 Å². The number of aryl methyl sites for hydroxylation is 1. The lowest BCUT2D eigenvalue weighted by Gasteiger charge is -2.19. The third-order valence-corrected chi connectivity index (χ3v) is 8.98. The minimum Gasteiger partial charge on any atom is -0.325 e. The van der Waals surface area contributed by atoms with Gasteiger partial charge in [0.15, 0.2) is 0 Å². The Balaban J connectivity index is 1.38. The van der Waals surface area contributed by atoms with E-state index in [4.69, 9.17) is 0 Å². The highest BCUT2D eigenvalue weighted by atomic mass is 79.9. The van der Waals surface area contributed by atoms with Crippen LogP contribution in [0.5, 0.6) is 0 Å². The van der Waals surface area contributed by atoms with Gasteiger partial charge >= 0.3 is 0 Å². The highest BCUT2D eigenvalue weighted by Crippen LogP contribution is 2.37. The summed E-state index contributed by atoms with van der Waals surface area (Å²) in [6.07, 6.45) is 1.63. The molecule has 0 saturated carbocycles. The van der Waals surface area contributed by atoms with Crippen molar-refractivity contribution in [1.29, 1.82) is 0 Å². The van der Waals surface area contributed by atoms with E-state index in [9.17, 15) is 14.4 Å². The molecule has 0 bridgehead atoms. The number of rotatable bonds is 10. The molecule has 5 rings (SSSR count). The topological polar surface area (TPSA) is 87.3 Å². The Bertz CT molecular complexity index is 1890. The average Bonchev–Trinajstić information content (AvgIpc) is 3.06. The molecule has 0 saturated heterocycles. The first-order valence-electron chi connectivity index (χ1n) is 14.6. The van der Waals surface area contributed by atoms with Gasteiger partial charge in [-0.2, -0.15) is 0 Å². The van der Waals surface area contributed by atoms with E-state index in [0.717, 1.165) is 37.3 Å². The molecule has 1 atom stereocenters. The number of carbonyl (C=O) groups is 3. The van der Waals surface area contributed by atoms with E-state index in [1.165, 1.54) is 11.8 Å². The standard InChI is InChI=1S/C38H32BrN3O3S/c1-25-12-9-21-33(26(25)2)41-38(45)35(28-14-5-3-6-15-28)46-32-20-11-19-31(24-32)40-37(44)34(23-27-13-10-18-30(39)22-27)42-36(43)29-16-7-4-8-17-29/h3-24,35H,1-2H3,(H,40,44)(H,41,45)(H,42,43)/b34-23+. The van der Waals surface area contributed by atoms with Gasteiger partial charge in [0, 0.05) is 26.3 Å². The van der Waals surface area contributed by atoms with E-state index in [0.29, 0.717) is 11.3 Å². The number of halogens is 1. The summed E-state index contributed by atoms with van der Waals surface area (Å²) in [5.74, 6) is -1.04. The Labute approximate surface area is 281 Å². The molecule has 3 N–H and O–H groups in total. The van der Waals surface area contributed by atoms with Crippen molar-refractivity contribution in [3.8, 4) is 0 Å². The molecule has 0 aliphatic heterocycles. The van der Waals surface area contributed by atoms with Gasteiger partial charge < -0.3 is 16.0 Å². The van der Waals surface area contributed by atoms with Gasteiger partial charge in [-0.1, -0.05) is 94.8 Å². The zero-order valence-electron chi connectivity index (χ0n) is 25.3. The molecule has 3 amide bonds. The van der Waals surface area contributed by atoms with Crippen molar-refractivity contribution < 1.29 is 14.4 Å². The maximum atomic E-state index is 13.7. The predicted molar refractivity (Wildman–Crippen MR) is 191 cm³/mol. The number of anilines is 2. The fourth-order valence-corrected chi connectivity index (χ4v) is 6.17. The zero-order valence-corrected chi connectivity index (χ0v) is 27.7. The summed E-state index contributed by atoms with van der Waals surface area (Å²) in [6.45, 7) is 4.00. The predicted octanol–water partition coefficient (Wildman–Crippen LogP) is 8.95. The number of hydrogen-bond donors (Lipinski definition) is 3. The van der Waals surface area contributed by atoms with Crippen LogP contribution in [0.3, 0.4) is 0 Å². The van der Waals surface area contributed by atoms with Crippen LogP contribution in [0.15, 0.2) is 142 Å². The van der Waals surface area contributed by atoms with E-state index in [1.807, 2.05) is 111 Å². The van der Waals surface area contributed by atoms with Crippen LogP contribution in [-0.4, -0.2) is 17.7 Å². The van der Waals surface area contributed by atoms with Crippen molar-refractivity contribution in [2.24, 2.45) is 0 Å². The highest BCUT2D eigenvalue weighted by molar-refractivity contribution is 9.10. The summed E-state index contributed by atoms with van der Waals surface area (Å²) in [5, 5.41) is 8.25.